The topological polar surface area (TPSA) is 273 Å². The van der Waals surface area contributed by atoms with E-state index in [9.17, 15) is 58.8 Å². The Bertz CT molecular complexity index is 2340. The van der Waals surface area contributed by atoms with Crippen LogP contribution in [0.4, 0.5) is 0 Å². The smallest absolute Gasteiger partial charge is 0.255 e. The van der Waals surface area contributed by atoms with Crippen molar-refractivity contribution in [2.75, 3.05) is 46.4 Å². The molecule has 6 amide bonds. The second-order valence-electron chi connectivity index (χ2n) is 17.9. The fraction of sp³-hybridized carbons (Fsp3) is 0.545. The number of aliphatic hydroxyl groups excluding tert-OH is 1. The van der Waals surface area contributed by atoms with Crippen LogP contribution in [0.5, 0.6) is 17.2 Å². The Morgan fingerprint density at radius 2 is 1.61 bits per heavy atom. The van der Waals surface area contributed by atoms with E-state index in [1.165, 1.54) is 44.1 Å². The molecule has 0 radical (unpaired) electrons. The van der Waals surface area contributed by atoms with Crippen LogP contribution in [0.25, 0.3) is 0 Å². The molecule has 20 heteroatoms. The number of aromatic hydroxyl groups is 2. The standard InChI is InChI=1S/C44H53IN6O13/c1-6-43(4,45)26-12-30(54)51(41(26)61)11-10-29(53)46-20(2)39(59)47-21(3)40(60)48-23-18-49(19-23)15-22-16-50(17-22)42(62)44(63)13-25-31(27(52)14-44)37(57)34-33(36(25)56)35(55)24-8-7-9-28(64-5)32(24)38(34)58/h7-9,20-23,26-27,52,56-57,63H,6,10-19H2,1-5H3,(H,46,53)(H,47,59)(H,48,60)/t20-,21-,26?,27-,43?,44-/m0/s1. The minimum atomic E-state index is -2.19. The number of amides is 6. The highest BCUT2D eigenvalue weighted by atomic mass is 127. The van der Waals surface area contributed by atoms with Gasteiger partial charge in [-0.15, -0.1) is 0 Å². The molecule has 0 aromatic heterocycles. The van der Waals surface area contributed by atoms with Gasteiger partial charge in [-0.3, -0.25) is 48.2 Å². The Labute approximate surface area is 382 Å². The summed E-state index contributed by atoms with van der Waals surface area (Å²) in [6, 6.07) is 2.26. The zero-order valence-corrected chi connectivity index (χ0v) is 38.3. The summed E-state index contributed by atoms with van der Waals surface area (Å²) in [6.07, 6.45) is -2.08. The van der Waals surface area contributed by atoms with Crippen LogP contribution in [0, 0.1) is 11.8 Å². The zero-order valence-electron chi connectivity index (χ0n) is 36.2. The number of methoxy groups -OCH3 is 1. The number of fused-ring (bicyclic) bond motifs is 3. The van der Waals surface area contributed by atoms with E-state index in [1.54, 1.807) is 0 Å². The third kappa shape index (κ3) is 8.44. The van der Waals surface area contributed by atoms with Gasteiger partial charge in [0.15, 0.2) is 5.78 Å². The highest BCUT2D eigenvalue weighted by Crippen LogP contribution is 2.51. The van der Waals surface area contributed by atoms with Crippen molar-refractivity contribution in [3.63, 3.8) is 0 Å². The van der Waals surface area contributed by atoms with Crippen LogP contribution in [0.15, 0.2) is 18.2 Å². The van der Waals surface area contributed by atoms with Crippen LogP contribution in [0.3, 0.4) is 0 Å². The van der Waals surface area contributed by atoms with E-state index in [0.29, 0.717) is 26.1 Å². The molecule has 3 fully saturated rings. The normalized spacial score (nSPS) is 24.1. The summed E-state index contributed by atoms with van der Waals surface area (Å²) >= 11 is 2.19. The monoisotopic (exact) mass is 1000 g/mol. The molecule has 0 spiro atoms. The van der Waals surface area contributed by atoms with Crippen molar-refractivity contribution in [2.24, 2.45) is 11.8 Å². The van der Waals surface area contributed by atoms with Gasteiger partial charge in [-0.1, -0.05) is 41.6 Å². The average Bonchev–Trinajstić information content (AvgIpc) is 3.51. The molecular weight excluding hydrogens is 947 g/mol. The largest absolute Gasteiger partial charge is 0.507 e. The maximum atomic E-state index is 13.7. The summed E-state index contributed by atoms with van der Waals surface area (Å²) < 4.78 is 4.89. The van der Waals surface area contributed by atoms with E-state index < -0.39 is 100 Å². The van der Waals surface area contributed by atoms with Crippen molar-refractivity contribution in [3.05, 3.63) is 51.6 Å². The van der Waals surface area contributed by atoms with Crippen LogP contribution in [-0.2, 0) is 35.2 Å². The number of phenols is 2. The van der Waals surface area contributed by atoms with Crippen LogP contribution in [0.1, 0.15) is 102 Å². The van der Waals surface area contributed by atoms with E-state index in [4.69, 9.17) is 4.74 Å². The van der Waals surface area contributed by atoms with E-state index >= 15 is 0 Å². The lowest BCUT2D eigenvalue weighted by molar-refractivity contribution is -0.163. The molecule has 7 rings (SSSR count). The van der Waals surface area contributed by atoms with E-state index in [-0.39, 0.29) is 87.7 Å². The first-order valence-electron chi connectivity index (χ1n) is 21.3. The Morgan fingerprint density at radius 3 is 2.27 bits per heavy atom. The first kappa shape index (κ1) is 46.8. The molecule has 0 saturated carbocycles. The Balaban J connectivity index is 0.842. The highest BCUT2D eigenvalue weighted by Gasteiger charge is 2.52. The molecule has 0 bridgehead atoms. The molecule has 3 aliphatic heterocycles. The van der Waals surface area contributed by atoms with Crippen molar-refractivity contribution >= 4 is 69.6 Å². The van der Waals surface area contributed by atoms with Gasteiger partial charge in [-0.2, -0.15) is 0 Å². The zero-order chi connectivity index (χ0) is 46.7. The molecule has 2 unspecified atom stereocenters. The van der Waals surface area contributed by atoms with Gasteiger partial charge in [-0.25, -0.2) is 0 Å². The molecule has 2 aromatic carbocycles. The summed E-state index contributed by atoms with van der Waals surface area (Å²) in [5.41, 5.74) is -3.75. The Hall–Kier alpha value is -5.19. The molecule has 6 atom stereocenters. The number of ketones is 2. The van der Waals surface area contributed by atoms with Crippen molar-refractivity contribution in [1.82, 2.24) is 30.7 Å². The summed E-state index contributed by atoms with van der Waals surface area (Å²) in [4.78, 5) is 109. The summed E-state index contributed by atoms with van der Waals surface area (Å²) in [5, 5.41) is 53.6. The maximum Gasteiger partial charge on any atom is 0.255 e. The molecule has 2 aromatic rings. The number of carbonyl (C=O) groups excluding carboxylic acids is 8. The predicted octanol–water partition coefficient (Wildman–Crippen LogP) is 0.230. The number of likely N-dealkylation sites (tertiary alicyclic amines) is 3. The van der Waals surface area contributed by atoms with Crippen molar-refractivity contribution in [2.45, 2.75) is 93.1 Å². The third-order valence-corrected chi connectivity index (χ3v) is 14.8. The molecule has 19 nitrogen and oxygen atoms in total. The minimum Gasteiger partial charge on any atom is -0.507 e. The van der Waals surface area contributed by atoms with E-state index in [2.05, 4.69) is 43.4 Å². The van der Waals surface area contributed by atoms with Gasteiger partial charge in [0, 0.05) is 91.0 Å². The summed E-state index contributed by atoms with van der Waals surface area (Å²) in [5.74, 6) is -6.14. The summed E-state index contributed by atoms with van der Waals surface area (Å²) in [6.45, 7) is 8.95. The van der Waals surface area contributed by atoms with Crippen LogP contribution in [0.2, 0.25) is 0 Å². The van der Waals surface area contributed by atoms with Gasteiger partial charge < -0.3 is 46.0 Å². The van der Waals surface area contributed by atoms with E-state index in [0.717, 1.165) is 4.90 Å². The number of benzene rings is 2. The first-order valence-corrected chi connectivity index (χ1v) is 22.4. The number of halogens is 1. The van der Waals surface area contributed by atoms with Crippen LogP contribution in [-0.4, -0.2) is 156 Å². The minimum absolute atomic E-state index is 0.0335. The molecule has 3 heterocycles. The number of alkyl halides is 1. The lowest BCUT2D eigenvalue weighted by Crippen LogP contribution is -2.66. The maximum absolute atomic E-state index is 13.7. The van der Waals surface area contributed by atoms with Gasteiger partial charge in [0.25, 0.3) is 5.91 Å². The summed E-state index contributed by atoms with van der Waals surface area (Å²) in [7, 11) is 1.32. The average molecular weight is 1000 g/mol. The number of phenolic OH excluding ortho intramolecular Hbond substituents is 2. The third-order valence-electron chi connectivity index (χ3n) is 13.3. The molecule has 2 aliphatic carbocycles. The van der Waals surface area contributed by atoms with Gasteiger partial charge in [0.2, 0.25) is 35.3 Å². The second kappa shape index (κ2) is 17.7. The van der Waals surface area contributed by atoms with Crippen LogP contribution >= 0.6 is 22.6 Å². The molecule has 64 heavy (non-hydrogen) atoms. The fourth-order valence-corrected chi connectivity index (χ4v) is 9.87. The van der Waals surface area contributed by atoms with Gasteiger partial charge in [-0.05, 0) is 33.3 Å². The second-order valence-corrected chi connectivity index (χ2v) is 20.3. The Kier molecular flexibility index (Phi) is 12.9. The number of aliphatic hydroxyl groups is 2. The SMILES string of the molecule is CCC(C)(I)C1CC(=O)N(CCC(=O)N[C@@H](C)C(=O)N[C@@H](C)C(=O)NC2CN(CC3CN(C(=O)[C@]4(O)Cc5c(O)c6c(c(O)c5[C@@H](O)C4)C(=O)c4c(OC)cccc4C6=O)C3)C2)C1=O. The fourth-order valence-electron chi connectivity index (χ4n) is 9.38. The van der Waals surface area contributed by atoms with Crippen molar-refractivity contribution in [1.29, 1.82) is 0 Å². The predicted molar refractivity (Wildman–Crippen MR) is 234 cm³/mol. The number of hydrogen-bond donors (Lipinski definition) is 7. The van der Waals surface area contributed by atoms with E-state index in [1.807, 2.05) is 13.8 Å². The van der Waals surface area contributed by atoms with Crippen LogP contribution < -0.4 is 20.7 Å². The number of rotatable bonds is 14. The number of ether oxygens (including phenoxy) is 1. The molecule has 3 saturated heterocycles. The number of hydrogen-bond acceptors (Lipinski definition) is 14. The quantitative estimate of drug-likeness (QED) is 0.0494. The lowest BCUT2D eigenvalue weighted by Gasteiger charge is -2.49. The van der Waals surface area contributed by atoms with Gasteiger partial charge in [0.05, 0.1) is 41.9 Å². The number of nitrogens with zero attached hydrogens (tertiary/aromatic N) is 3. The molecule has 5 aliphatic rings. The number of carbonyl (C=O) groups is 8. The number of nitrogens with one attached hydrogen (secondary N) is 3. The molecular formula is C44H53IN6O13. The van der Waals surface area contributed by atoms with Crippen molar-refractivity contribution in [3.8, 4) is 17.2 Å². The highest BCUT2D eigenvalue weighted by molar-refractivity contribution is 14.1. The molecule has 7 N–H and O–H groups in total. The van der Waals surface area contributed by atoms with Gasteiger partial charge >= 0.3 is 0 Å². The lowest BCUT2D eigenvalue weighted by atomic mass is 9.72. The Morgan fingerprint density at radius 1 is 0.953 bits per heavy atom. The first-order chi connectivity index (χ1) is 30.1. The van der Waals surface area contributed by atoms with Gasteiger partial charge in [0.1, 0.15) is 34.9 Å². The number of imide groups is 1. The molecule has 344 valence electrons. The van der Waals surface area contributed by atoms with Crippen molar-refractivity contribution < 1.29 is 63.5 Å².